The van der Waals surface area contributed by atoms with Crippen molar-refractivity contribution in [3.63, 3.8) is 0 Å². The zero-order valence-electron chi connectivity index (χ0n) is 11.8. The van der Waals surface area contributed by atoms with Crippen LogP contribution in [0.3, 0.4) is 0 Å². The molecular formula is C13H24N4O2. The van der Waals surface area contributed by atoms with Gasteiger partial charge < -0.3 is 16.2 Å². The normalized spacial score (nSPS) is 14.4. The number of nitrogens with two attached hydrogens (primary N) is 1. The summed E-state index contributed by atoms with van der Waals surface area (Å²) in [5.41, 5.74) is 6.50. The van der Waals surface area contributed by atoms with Gasteiger partial charge in [0.15, 0.2) is 0 Å². The van der Waals surface area contributed by atoms with Gasteiger partial charge in [-0.05, 0) is 5.92 Å². The lowest BCUT2D eigenvalue weighted by atomic mass is 9.96. The lowest BCUT2D eigenvalue weighted by Gasteiger charge is -2.21. The minimum absolute atomic E-state index is 0.204. The Bertz CT molecular complexity index is 401. The molecule has 1 aromatic rings. The zero-order chi connectivity index (χ0) is 14.4. The SMILES string of the molecule is CCC(CC)C(O)CNC(=O)C(N)c1cnn(C)c1. The van der Waals surface area contributed by atoms with Gasteiger partial charge in [-0.3, -0.25) is 9.48 Å². The second-order valence-electron chi connectivity index (χ2n) is 4.81. The zero-order valence-corrected chi connectivity index (χ0v) is 11.8. The van der Waals surface area contributed by atoms with Crippen molar-refractivity contribution in [2.75, 3.05) is 6.54 Å². The summed E-state index contributed by atoms with van der Waals surface area (Å²) in [6, 6.07) is -0.748. The maximum atomic E-state index is 11.9. The van der Waals surface area contributed by atoms with Crippen molar-refractivity contribution in [2.45, 2.75) is 38.8 Å². The lowest BCUT2D eigenvalue weighted by Crippen LogP contribution is -2.40. The van der Waals surface area contributed by atoms with Crippen LogP contribution in [0.4, 0.5) is 0 Å². The molecule has 0 aromatic carbocycles. The maximum absolute atomic E-state index is 11.9. The number of carbonyl (C=O) groups is 1. The summed E-state index contributed by atoms with van der Waals surface area (Å²) in [6.07, 6.45) is 4.54. The van der Waals surface area contributed by atoms with E-state index in [1.165, 1.54) is 0 Å². The van der Waals surface area contributed by atoms with Gasteiger partial charge in [0.25, 0.3) is 0 Å². The van der Waals surface area contributed by atoms with Gasteiger partial charge in [-0.25, -0.2) is 0 Å². The van der Waals surface area contributed by atoms with Crippen molar-refractivity contribution in [1.82, 2.24) is 15.1 Å². The lowest BCUT2D eigenvalue weighted by molar-refractivity contribution is -0.123. The summed E-state index contributed by atoms with van der Waals surface area (Å²) in [6.45, 7) is 4.29. The number of hydrogen-bond acceptors (Lipinski definition) is 4. The topological polar surface area (TPSA) is 93.2 Å². The molecule has 2 atom stereocenters. The van der Waals surface area contributed by atoms with Crippen molar-refractivity contribution in [2.24, 2.45) is 18.7 Å². The van der Waals surface area contributed by atoms with Crippen LogP contribution in [0.25, 0.3) is 0 Å². The average Bonchev–Trinajstić information content (AvgIpc) is 2.83. The van der Waals surface area contributed by atoms with E-state index in [0.717, 1.165) is 12.8 Å². The van der Waals surface area contributed by atoms with E-state index in [0.29, 0.717) is 5.56 Å². The Hall–Kier alpha value is -1.40. The number of amides is 1. The van der Waals surface area contributed by atoms with Crippen molar-refractivity contribution < 1.29 is 9.90 Å². The Balaban J connectivity index is 2.47. The summed E-state index contributed by atoms with van der Waals surface area (Å²) < 4.78 is 1.60. The van der Waals surface area contributed by atoms with Gasteiger partial charge in [0.2, 0.25) is 5.91 Å². The number of nitrogens with one attached hydrogen (secondary N) is 1. The number of rotatable bonds is 7. The monoisotopic (exact) mass is 268 g/mol. The van der Waals surface area contributed by atoms with Crippen LogP contribution in [0.5, 0.6) is 0 Å². The molecule has 0 saturated heterocycles. The summed E-state index contributed by atoms with van der Waals surface area (Å²) in [5, 5.41) is 16.6. The molecular weight excluding hydrogens is 244 g/mol. The molecule has 0 radical (unpaired) electrons. The highest BCUT2D eigenvalue weighted by Crippen LogP contribution is 2.13. The van der Waals surface area contributed by atoms with Crippen molar-refractivity contribution in [1.29, 1.82) is 0 Å². The van der Waals surface area contributed by atoms with Crippen molar-refractivity contribution in [3.8, 4) is 0 Å². The fraction of sp³-hybridized carbons (Fsp3) is 0.692. The summed E-state index contributed by atoms with van der Waals surface area (Å²) in [4.78, 5) is 11.9. The molecule has 2 unspecified atom stereocenters. The van der Waals surface area contributed by atoms with Crippen LogP contribution in [0.15, 0.2) is 12.4 Å². The van der Waals surface area contributed by atoms with E-state index in [1.54, 1.807) is 24.1 Å². The third kappa shape index (κ3) is 4.33. The van der Waals surface area contributed by atoms with Crippen LogP contribution in [-0.4, -0.2) is 33.4 Å². The summed E-state index contributed by atoms with van der Waals surface area (Å²) in [5.74, 6) is -0.0899. The van der Waals surface area contributed by atoms with Gasteiger partial charge >= 0.3 is 0 Å². The van der Waals surface area contributed by atoms with Crippen LogP contribution in [0, 0.1) is 5.92 Å². The van der Waals surface area contributed by atoms with Gasteiger partial charge in [0.05, 0.1) is 12.3 Å². The fourth-order valence-corrected chi connectivity index (χ4v) is 2.07. The molecule has 1 heterocycles. The molecule has 4 N–H and O–H groups in total. The third-order valence-corrected chi connectivity index (χ3v) is 3.44. The highest BCUT2D eigenvalue weighted by atomic mass is 16.3. The first-order chi connectivity index (χ1) is 8.99. The number of aliphatic hydroxyl groups is 1. The number of aliphatic hydroxyl groups excluding tert-OH is 1. The van der Waals surface area contributed by atoms with Gasteiger partial charge in [0, 0.05) is 25.4 Å². The third-order valence-electron chi connectivity index (χ3n) is 3.44. The van der Waals surface area contributed by atoms with Crippen LogP contribution in [-0.2, 0) is 11.8 Å². The molecule has 108 valence electrons. The first-order valence-corrected chi connectivity index (χ1v) is 6.69. The molecule has 0 aliphatic carbocycles. The van der Waals surface area contributed by atoms with Crippen LogP contribution < -0.4 is 11.1 Å². The molecule has 6 nitrogen and oxygen atoms in total. The predicted octanol–water partition coefficient (Wildman–Crippen LogP) is 0.333. The molecule has 0 fully saturated rings. The Morgan fingerprint density at radius 2 is 2.16 bits per heavy atom. The van der Waals surface area contributed by atoms with Crippen LogP contribution in [0.2, 0.25) is 0 Å². The minimum atomic E-state index is -0.748. The number of nitrogens with zero attached hydrogens (tertiary/aromatic N) is 2. The first-order valence-electron chi connectivity index (χ1n) is 6.69. The molecule has 1 aromatic heterocycles. The molecule has 0 aliphatic rings. The predicted molar refractivity (Wildman–Crippen MR) is 73.2 cm³/mol. The first kappa shape index (κ1) is 15.7. The number of aromatic nitrogens is 2. The standard InChI is InChI=1S/C13H24N4O2/c1-4-9(5-2)11(18)7-15-13(19)12(14)10-6-16-17(3)8-10/h6,8-9,11-12,18H,4-5,7,14H2,1-3H3,(H,15,19). The Labute approximate surface area is 114 Å². The fourth-order valence-electron chi connectivity index (χ4n) is 2.07. The van der Waals surface area contributed by atoms with E-state index < -0.39 is 12.1 Å². The summed E-state index contributed by atoms with van der Waals surface area (Å²) in [7, 11) is 1.77. The van der Waals surface area contributed by atoms with E-state index in [1.807, 2.05) is 13.8 Å². The maximum Gasteiger partial charge on any atom is 0.241 e. The summed E-state index contributed by atoms with van der Waals surface area (Å²) >= 11 is 0. The average molecular weight is 268 g/mol. The molecule has 0 saturated carbocycles. The van der Waals surface area contributed by atoms with Crippen molar-refractivity contribution >= 4 is 5.91 Å². The second-order valence-corrected chi connectivity index (χ2v) is 4.81. The Morgan fingerprint density at radius 1 is 1.53 bits per heavy atom. The molecule has 1 rings (SSSR count). The molecule has 6 heteroatoms. The van der Waals surface area contributed by atoms with Gasteiger partial charge in [0.1, 0.15) is 6.04 Å². The van der Waals surface area contributed by atoms with Crippen molar-refractivity contribution in [3.05, 3.63) is 18.0 Å². The van der Waals surface area contributed by atoms with E-state index in [4.69, 9.17) is 5.73 Å². The smallest absolute Gasteiger partial charge is 0.241 e. The van der Waals surface area contributed by atoms with Gasteiger partial charge in [-0.2, -0.15) is 5.10 Å². The minimum Gasteiger partial charge on any atom is -0.391 e. The van der Waals surface area contributed by atoms with E-state index in [9.17, 15) is 9.90 Å². The Morgan fingerprint density at radius 3 is 2.63 bits per heavy atom. The number of aryl methyl sites for hydroxylation is 1. The molecule has 0 aliphatic heterocycles. The Kier molecular flexibility index (Phi) is 5.98. The molecule has 0 spiro atoms. The van der Waals surface area contributed by atoms with E-state index >= 15 is 0 Å². The van der Waals surface area contributed by atoms with Gasteiger partial charge in [-0.1, -0.05) is 26.7 Å². The van der Waals surface area contributed by atoms with E-state index in [2.05, 4.69) is 10.4 Å². The quantitative estimate of drug-likeness (QED) is 0.664. The molecule has 0 bridgehead atoms. The largest absolute Gasteiger partial charge is 0.391 e. The van der Waals surface area contributed by atoms with Crippen LogP contribution >= 0.6 is 0 Å². The molecule has 19 heavy (non-hydrogen) atoms. The van der Waals surface area contributed by atoms with E-state index in [-0.39, 0.29) is 18.4 Å². The highest BCUT2D eigenvalue weighted by Gasteiger charge is 2.20. The number of hydrogen-bond donors (Lipinski definition) is 3. The van der Waals surface area contributed by atoms with Crippen LogP contribution in [0.1, 0.15) is 38.3 Å². The second kappa shape index (κ2) is 7.25. The molecule has 1 amide bonds. The van der Waals surface area contributed by atoms with Gasteiger partial charge in [-0.15, -0.1) is 0 Å². The highest BCUT2D eigenvalue weighted by molar-refractivity contribution is 5.82. The number of carbonyl (C=O) groups excluding carboxylic acids is 1.